The average Bonchev–Trinajstić information content (AvgIpc) is 3.40. The summed E-state index contributed by atoms with van der Waals surface area (Å²) in [7, 11) is 0. The molecule has 154 valence electrons. The molecule has 0 aliphatic carbocycles. The Kier molecular flexibility index (Phi) is 5.19. The molecule has 1 amide bonds. The van der Waals surface area contributed by atoms with Gasteiger partial charge >= 0.3 is 0 Å². The van der Waals surface area contributed by atoms with Crippen LogP contribution in [0.25, 0.3) is 16.9 Å². The molecule has 2 aromatic heterocycles. The Hall–Kier alpha value is -3.93. The van der Waals surface area contributed by atoms with Gasteiger partial charge in [0.1, 0.15) is 12.1 Å². The quantitative estimate of drug-likeness (QED) is 0.513. The lowest BCUT2D eigenvalue weighted by Crippen LogP contribution is -2.49. The molecule has 0 atom stereocenters. The topological polar surface area (TPSA) is 54.3 Å². The maximum absolute atomic E-state index is 13.0. The molecular formula is C25H23N5O. The highest BCUT2D eigenvalue weighted by Gasteiger charge is 2.23. The molecule has 0 bridgehead atoms. The fourth-order valence-corrected chi connectivity index (χ4v) is 3.89. The minimum atomic E-state index is 0.0753. The van der Waals surface area contributed by atoms with E-state index in [2.05, 4.69) is 14.9 Å². The van der Waals surface area contributed by atoms with Crippen molar-refractivity contribution in [2.45, 2.75) is 0 Å². The zero-order chi connectivity index (χ0) is 21.0. The highest BCUT2D eigenvalue weighted by molar-refractivity contribution is 5.94. The minimum absolute atomic E-state index is 0.0753. The van der Waals surface area contributed by atoms with Crippen molar-refractivity contribution in [3.63, 3.8) is 0 Å². The normalized spacial score (nSPS) is 13.9. The van der Waals surface area contributed by atoms with Gasteiger partial charge in [-0.05, 0) is 36.4 Å². The SMILES string of the molecule is O=C(c1ccc(-n2cccc2)cc1)N1CCN(c2cc(-c3ccccc3)ncn2)CC1. The standard InChI is InChI=1S/C25H23N5O/c31-25(21-8-10-22(11-9-21)28-12-4-5-13-28)30-16-14-29(15-17-30)24-18-23(26-19-27-24)20-6-2-1-3-7-20/h1-13,18-19H,14-17H2. The number of piperazine rings is 1. The molecule has 4 aromatic rings. The fourth-order valence-electron chi connectivity index (χ4n) is 3.89. The van der Waals surface area contributed by atoms with Crippen molar-refractivity contribution >= 4 is 11.7 Å². The summed E-state index contributed by atoms with van der Waals surface area (Å²) in [6, 6.07) is 23.9. The van der Waals surface area contributed by atoms with Crippen molar-refractivity contribution in [2.24, 2.45) is 0 Å². The monoisotopic (exact) mass is 409 g/mol. The van der Waals surface area contributed by atoms with Gasteiger partial charge in [-0.3, -0.25) is 4.79 Å². The first-order chi connectivity index (χ1) is 15.3. The summed E-state index contributed by atoms with van der Waals surface area (Å²) in [5.74, 6) is 0.975. The highest BCUT2D eigenvalue weighted by atomic mass is 16.2. The van der Waals surface area contributed by atoms with E-state index in [1.165, 1.54) is 0 Å². The maximum Gasteiger partial charge on any atom is 0.253 e. The van der Waals surface area contributed by atoms with Crippen LogP contribution in [-0.4, -0.2) is 51.5 Å². The molecule has 2 aromatic carbocycles. The van der Waals surface area contributed by atoms with E-state index in [9.17, 15) is 4.79 Å². The van der Waals surface area contributed by atoms with Gasteiger partial charge in [0.15, 0.2) is 0 Å². The Balaban J connectivity index is 1.24. The van der Waals surface area contributed by atoms with Crippen LogP contribution in [0.2, 0.25) is 0 Å². The molecule has 0 unspecified atom stereocenters. The molecule has 1 aliphatic rings. The highest BCUT2D eigenvalue weighted by Crippen LogP contribution is 2.22. The van der Waals surface area contributed by atoms with Gasteiger partial charge in [0.05, 0.1) is 5.69 Å². The van der Waals surface area contributed by atoms with Crippen molar-refractivity contribution < 1.29 is 4.79 Å². The van der Waals surface area contributed by atoms with E-state index in [1.807, 2.05) is 94.7 Å². The van der Waals surface area contributed by atoms with Crippen LogP contribution in [0.4, 0.5) is 5.82 Å². The van der Waals surface area contributed by atoms with E-state index < -0.39 is 0 Å². The van der Waals surface area contributed by atoms with Crippen molar-refractivity contribution in [2.75, 3.05) is 31.1 Å². The third-order valence-corrected chi connectivity index (χ3v) is 5.63. The van der Waals surface area contributed by atoms with Crippen molar-refractivity contribution in [1.29, 1.82) is 0 Å². The van der Waals surface area contributed by atoms with E-state index in [4.69, 9.17) is 0 Å². The van der Waals surface area contributed by atoms with Gasteiger partial charge in [-0.2, -0.15) is 0 Å². The van der Waals surface area contributed by atoms with Crippen LogP contribution in [0.15, 0.2) is 91.5 Å². The fraction of sp³-hybridized carbons (Fsp3) is 0.160. The first-order valence-electron chi connectivity index (χ1n) is 10.4. The van der Waals surface area contributed by atoms with E-state index in [0.717, 1.165) is 41.4 Å². The molecule has 3 heterocycles. The second kappa shape index (κ2) is 8.44. The second-order valence-electron chi connectivity index (χ2n) is 7.54. The van der Waals surface area contributed by atoms with Gasteiger partial charge in [-0.25, -0.2) is 9.97 Å². The summed E-state index contributed by atoms with van der Waals surface area (Å²) in [6.45, 7) is 2.84. The summed E-state index contributed by atoms with van der Waals surface area (Å²) in [4.78, 5) is 26.0. The number of rotatable bonds is 4. The van der Waals surface area contributed by atoms with Gasteiger partial charge in [0, 0.05) is 61.5 Å². The summed E-state index contributed by atoms with van der Waals surface area (Å²) >= 11 is 0. The lowest BCUT2D eigenvalue weighted by atomic mass is 10.1. The largest absolute Gasteiger partial charge is 0.353 e. The van der Waals surface area contributed by atoms with Crippen LogP contribution < -0.4 is 4.90 Å². The molecule has 1 saturated heterocycles. The van der Waals surface area contributed by atoms with E-state index in [-0.39, 0.29) is 5.91 Å². The van der Waals surface area contributed by atoms with Gasteiger partial charge in [0.25, 0.3) is 5.91 Å². The van der Waals surface area contributed by atoms with Crippen molar-refractivity contribution in [3.05, 3.63) is 97.1 Å². The third-order valence-electron chi connectivity index (χ3n) is 5.63. The maximum atomic E-state index is 13.0. The van der Waals surface area contributed by atoms with E-state index in [1.54, 1.807) is 6.33 Å². The number of aromatic nitrogens is 3. The summed E-state index contributed by atoms with van der Waals surface area (Å²) in [5.41, 5.74) is 3.75. The van der Waals surface area contributed by atoms with E-state index in [0.29, 0.717) is 13.1 Å². The Morgan fingerprint density at radius 2 is 1.48 bits per heavy atom. The number of amides is 1. The molecule has 6 heteroatoms. The summed E-state index contributed by atoms with van der Waals surface area (Å²) in [6.07, 6.45) is 5.60. The molecule has 0 saturated carbocycles. The number of nitrogens with zero attached hydrogens (tertiary/aromatic N) is 5. The predicted molar refractivity (Wildman–Crippen MR) is 121 cm³/mol. The van der Waals surface area contributed by atoms with Gasteiger partial charge in [0.2, 0.25) is 0 Å². The molecular weight excluding hydrogens is 386 g/mol. The average molecular weight is 409 g/mol. The van der Waals surface area contributed by atoms with Crippen molar-refractivity contribution in [1.82, 2.24) is 19.4 Å². The van der Waals surface area contributed by atoms with Crippen LogP contribution in [0.1, 0.15) is 10.4 Å². The number of hydrogen-bond donors (Lipinski definition) is 0. The smallest absolute Gasteiger partial charge is 0.253 e. The minimum Gasteiger partial charge on any atom is -0.353 e. The Bertz CT molecular complexity index is 1150. The first kappa shape index (κ1) is 19.1. The van der Waals surface area contributed by atoms with Crippen LogP contribution in [0, 0.1) is 0 Å². The lowest BCUT2D eigenvalue weighted by Gasteiger charge is -2.35. The predicted octanol–water partition coefficient (Wildman–Crippen LogP) is 3.90. The van der Waals surface area contributed by atoms with Crippen LogP contribution in [0.5, 0.6) is 0 Å². The number of carbonyl (C=O) groups excluding carboxylic acids is 1. The van der Waals surface area contributed by atoms with E-state index >= 15 is 0 Å². The number of anilines is 1. The van der Waals surface area contributed by atoms with Gasteiger partial charge in [-0.1, -0.05) is 30.3 Å². The number of carbonyl (C=O) groups is 1. The van der Waals surface area contributed by atoms with Crippen LogP contribution >= 0.6 is 0 Å². The molecule has 6 nitrogen and oxygen atoms in total. The zero-order valence-corrected chi connectivity index (χ0v) is 17.1. The number of hydrogen-bond acceptors (Lipinski definition) is 4. The van der Waals surface area contributed by atoms with Crippen LogP contribution in [-0.2, 0) is 0 Å². The molecule has 1 aliphatic heterocycles. The zero-order valence-electron chi connectivity index (χ0n) is 17.1. The third kappa shape index (κ3) is 4.05. The van der Waals surface area contributed by atoms with Gasteiger partial charge in [-0.15, -0.1) is 0 Å². The molecule has 0 radical (unpaired) electrons. The second-order valence-corrected chi connectivity index (χ2v) is 7.54. The first-order valence-corrected chi connectivity index (χ1v) is 10.4. The summed E-state index contributed by atoms with van der Waals surface area (Å²) in [5, 5.41) is 0. The molecule has 0 spiro atoms. The van der Waals surface area contributed by atoms with Gasteiger partial charge < -0.3 is 14.4 Å². The Morgan fingerprint density at radius 3 is 2.19 bits per heavy atom. The number of benzene rings is 2. The molecule has 31 heavy (non-hydrogen) atoms. The van der Waals surface area contributed by atoms with Crippen LogP contribution in [0.3, 0.4) is 0 Å². The molecule has 1 fully saturated rings. The lowest BCUT2D eigenvalue weighted by molar-refractivity contribution is 0.0746. The Labute approximate surface area is 181 Å². The van der Waals surface area contributed by atoms with Crippen molar-refractivity contribution in [3.8, 4) is 16.9 Å². The molecule has 5 rings (SSSR count). The molecule has 0 N–H and O–H groups in total. The Morgan fingerprint density at radius 1 is 0.774 bits per heavy atom. The summed E-state index contributed by atoms with van der Waals surface area (Å²) < 4.78 is 2.03.